The molecule has 0 heterocycles. The number of rotatable bonds is 0. The number of hydrogen-bond donors (Lipinski definition) is 3. The molecule has 0 unspecified atom stereocenters. The van der Waals surface area contributed by atoms with Gasteiger partial charge in [-0.1, -0.05) is 5.92 Å². The minimum Gasteiger partial charge on any atom is -0.504 e. The predicted molar refractivity (Wildman–Crippen MR) is 39.4 cm³/mol. The van der Waals surface area contributed by atoms with Crippen molar-refractivity contribution in [2.75, 3.05) is 0 Å². The van der Waals surface area contributed by atoms with Crippen LogP contribution in [0.5, 0.6) is 17.2 Å². The molecular weight excluding hydrogens is 144 g/mol. The summed E-state index contributed by atoms with van der Waals surface area (Å²) < 4.78 is 0. The maximum absolute atomic E-state index is 8.91. The van der Waals surface area contributed by atoms with Gasteiger partial charge in [0.2, 0.25) is 0 Å². The van der Waals surface area contributed by atoms with Crippen LogP contribution in [0.2, 0.25) is 0 Å². The molecule has 0 spiro atoms. The Morgan fingerprint density at radius 2 is 1.55 bits per heavy atom. The summed E-state index contributed by atoms with van der Waals surface area (Å²) in [5.74, 6) is 0.816. The van der Waals surface area contributed by atoms with Crippen LogP contribution >= 0.6 is 0 Å². The van der Waals surface area contributed by atoms with Crippen molar-refractivity contribution in [3.8, 4) is 29.6 Å². The van der Waals surface area contributed by atoms with Crippen LogP contribution in [0.25, 0.3) is 0 Å². The highest BCUT2D eigenvalue weighted by atomic mass is 16.3. The van der Waals surface area contributed by atoms with E-state index < -0.39 is 17.2 Å². The second-order valence-electron chi connectivity index (χ2n) is 2.01. The lowest BCUT2D eigenvalue weighted by molar-refractivity contribution is 0.367. The van der Waals surface area contributed by atoms with Crippen molar-refractivity contribution in [3.05, 3.63) is 17.7 Å². The first-order chi connectivity index (χ1) is 5.15. The van der Waals surface area contributed by atoms with Gasteiger partial charge in [0.05, 0.1) is 0 Å². The Kier molecular flexibility index (Phi) is 1.61. The number of terminal acetylenes is 1. The fraction of sp³-hybridized carbons (Fsp3) is 0. The van der Waals surface area contributed by atoms with Gasteiger partial charge in [0.25, 0.3) is 0 Å². The third-order valence-electron chi connectivity index (χ3n) is 1.24. The highest BCUT2D eigenvalue weighted by Gasteiger charge is 2.05. The summed E-state index contributed by atoms with van der Waals surface area (Å²) in [6.07, 6.45) is 4.98. The summed E-state index contributed by atoms with van der Waals surface area (Å²) in [6, 6.07) is 2.38. The van der Waals surface area contributed by atoms with Gasteiger partial charge in [-0.3, -0.25) is 0 Å². The van der Waals surface area contributed by atoms with Gasteiger partial charge in [-0.2, -0.15) is 0 Å². The Morgan fingerprint density at radius 3 is 1.91 bits per heavy atom. The second-order valence-corrected chi connectivity index (χ2v) is 2.01. The average Bonchev–Trinajstić information content (AvgIpc) is 1.99. The molecule has 56 valence electrons. The molecule has 0 radical (unpaired) electrons. The zero-order valence-corrected chi connectivity index (χ0v) is 5.57. The van der Waals surface area contributed by atoms with Crippen molar-refractivity contribution in [1.82, 2.24) is 0 Å². The largest absolute Gasteiger partial charge is 0.504 e. The van der Waals surface area contributed by atoms with Crippen molar-refractivity contribution >= 4 is 0 Å². The number of phenols is 3. The minimum absolute atomic E-state index is 0.317. The van der Waals surface area contributed by atoms with Crippen LogP contribution < -0.4 is 0 Å². The van der Waals surface area contributed by atoms with Crippen molar-refractivity contribution in [2.24, 2.45) is 0 Å². The second kappa shape index (κ2) is 2.43. The van der Waals surface area contributed by atoms with E-state index in [4.69, 9.17) is 21.7 Å². The quantitative estimate of drug-likeness (QED) is 0.378. The first-order valence-corrected chi connectivity index (χ1v) is 2.86. The fourth-order valence-electron chi connectivity index (χ4n) is 0.688. The zero-order chi connectivity index (χ0) is 8.43. The highest BCUT2D eigenvalue weighted by molar-refractivity contribution is 5.54. The molecule has 0 fully saturated rings. The van der Waals surface area contributed by atoms with Crippen LogP contribution in [0.1, 0.15) is 5.56 Å². The topological polar surface area (TPSA) is 60.7 Å². The summed E-state index contributed by atoms with van der Waals surface area (Å²) in [4.78, 5) is 0. The summed E-state index contributed by atoms with van der Waals surface area (Å²) >= 11 is 0. The normalized spacial score (nSPS) is 9.00. The molecule has 11 heavy (non-hydrogen) atoms. The molecule has 3 nitrogen and oxygen atoms in total. The number of hydrogen-bond acceptors (Lipinski definition) is 3. The lowest BCUT2D eigenvalue weighted by Crippen LogP contribution is -1.75. The SMILES string of the molecule is C#Cc1cc(O)c(O)c(O)c1. The van der Waals surface area contributed by atoms with Crippen molar-refractivity contribution in [3.63, 3.8) is 0 Å². The summed E-state index contributed by atoms with van der Waals surface area (Å²) in [5.41, 5.74) is 0.317. The van der Waals surface area contributed by atoms with Gasteiger partial charge in [0, 0.05) is 5.56 Å². The average molecular weight is 150 g/mol. The molecule has 3 N–H and O–H groups in total. The van der Waals surface area contributed by atoms with E-state index in [0.717, 1.165) is 0 Å². The standard InChI is InChI=1S/C8H6O3/c1-2-5-3-6(9)8(11)7(10)4-5/h1,3-4,9-11H. The Hall–Kier alpha value is -1.82. The van der Waals surface area contributed by atoms with Crippen LogP contribution in [0, 0.1) is 12.3 Å². The number of benzene rings is 1. The van der Waals surface area contributed by atoms with Crippen LogP contribution in [-0.4, -0.2) is 15.3 Å². The van der Waals surface area contributed by atoms with Gasteiger partial charge >= 0.3 is 0 Å². The Bertz CT molecular complexity index is 300. The van der Waals surface area contributed by atoms with Crippen LogP contribution in [0.15, 0.2) is 12.1 Å². The van der Waals surface area contributed by atoms with Crippen LogP contribution in [0.3, 0.4) is 0 Å². The molecule has 0 aliphatic heterocycles. The maximum Gasteiger partial charge on any atom is 0.200 e. The fourth-order valence-corrected chi connectivity index (χ4v) is 0.688. The van der Waals surface area contributed by atoms with E-state index in [1.54, 1.807) is 0 Å². The Balaban J connectivity index is 3.35. The van der Waals surface area contributed by atoms with E-state index in [9.17, 15) is 0 Å². The third kappa shape index (κ3) is 1.19. The monoisotopic (exact) mass is 150 g/mol. The first kappa shape index (κ1) is 7.29. The highest BCUT2D eigenvalue weighted by Crippen LogP contribution is 2.34. The van der Waals surface area contributed by atoms with Gasteiger partial charge in [0.15, 0.2) is 17.2 Å². The number of phenolic OH excluding ortho intramolecular Hbond substituents is 3. The molecule has 0 aromatic heterocycles. The Labute approximate surface area is 63.5 Å². The van der Waals surface area contributed by atoms with E-state index in [0.29, 0.717) is 5.56 Å². The van der Waals surface area contributed by atoms with Gasteiger partial charge in [-0.25, -0.2) is 0 Å². The summed E-state index contributed by atoms with van der Waals surface area (Å²) in [5, 5.41) is 26.7. The first-order valence-electron chi connectivity index (χ1n) is 2.86. The summed E-state index contributed by atoms with van der Waals surface area (Å²) in [7, 11) is 0. The molecule has 1 aromatic carbocycles. The van der Waals surface area contributed by atoms with Crippen LogP contribution in [-0.2, 0) is 0 Å². The van der Waals surface area contributed by atoms with Gasteiger partial charge in [-0.05, 0) is 12.1 Å². The van der Waals surface area contributed by atoms with Gasteiger partial charge < -0.3 is 15.3 Å². The maximum atomic E-state index is 8.91. The minimum atomic E-state index is -0.552. The molecule has 0 atom stereocenters. The molecule has 0 saturated heterocycles. The zero-order valence-electron chi connectivity index (χ0n) is 5.57. The van der Waals surface area contributed by atoms with Crippen molar-refractivity contribution in [2.45, 2.75) is 0 Å². The lowest BCUT2D eigenvalue weighted by atomic mass is 10.2. The predicted octanol–water partition coefficient (Wildman–Crippen LogP) is 0.785. The molecule has 0 saturated carbocycles. The van der Waals surface area contributed by atoms with E-state index in [-0.39, 0.29) is 0 Å². The third-order valence-corrected chi connectivity index (χ3v) is 1.24. The number of aromatic hydroxyl groups is 3. The molecule has 0 amide bonds. The van der Waals surface area contributed by atoms with Crippen LogP contribution in [0.4, 0.5) is 0 Å². The molecular formula is C8H6O3. The van der Waals surface area contributed by atoms with E-state index >= 15 is 0 Å². The smallest absolute Gasteiger partial charge is 0.200 e. The van der Waals surface area contributed by atoms with Gasteiger partial charge in [-0.15, -0.1) is 6.42 Å². The molecule has 3 heteroatoms. The Morgan fingerprint density at radius 1 is 1.09 bits per heavy atom. The van der Waals surface area contributed by atoms with E-state index in [2.05, 4.69) is 5.92 Å². The van der Waals surface area contributed by atoms with Crippen molar-refractivity contribution in [1.29, 1.82) is 0 Å². The lowest BCUT2D eigenvalue weighted by Gasteiger charge is -2.00. The molecule has 1 rings (SSSR count). The molecule has 0 aliphatic rings. The molecule has 1 aromatic rings. The van der Waals surface area contributed by atoms with E-state index in [1.807, 2.05) is 0 Å². The van der Waals surface area contributed by atoms with Crippen molar-refractivity contribution < 1.29 is 15.3 Å². The summed E-state index contributed by atoms with van der Waals surface area (Å²) in [6.45, 7) is 0. The molecule has 0 aliphatic carbocycles. The molecule has 0 bridgehead atoms. The van der Waals surface area contributed by atoms with Gasteiger partial charge in [0.1, 0.15) is 0 Å². The van der Waals surface area contributed by atoms with E-state index in [1.165, 1.54) is 12.1 Å².